The molecule has 40 heavy (non-hydrogen) atoms. The first-order valence-corrected chi connectivity index (χ1v) is 13.8. The van der Waals surface area contributed by atoms with Gasteiger partial charge in [0.1, 0.15) is 11.5 Å². The number of ether oxygens (including phenoxy) is 2. The summed E-state index contributed by atoms with van der Waals surface area (Å²) in [5, 5.41) is 0. The van der Waals surface area contributed by atoms with E-state index >= 15 is 0 Å². The molecule has 0 aromatic heterocycles. The summed E-state index contributed by atoms with van der Waals surface area (Å²) >= 11 is 0. The van der Waals surface area contributed by atoms with Gasteiger partial charge in [0.15, 0.2) is 11.6 Å². The van der Waals surface area contributed by atoms with E-state index in [4.69, 9.17) is 9.47 Å². The van der Waals surface area contributed by atoms with E-state index in [1.54, 1.807) is 24.3 Å². The predicted molar refractivity (Wildman–Crippen MR) is 166 cm³/mol. The molecule has 0 N–H and O–H groups in total. The third kappa shape index (κ3) is 7.41. The van der Waals surface area contributed by atoms with Crippen LogP contribution in [0.5, 0.6) is 11.5 Å². The number of ketones is 2. The summed E-state index contributed by atoms with van der Waals surface area (Å²) in [6, 6.07) is 19.2. The monoisotopic (exact) mass is 540 g/mol. The molecule has 0 amide bonds. The van der Waals surface area contributed by atoms with Crippen LogP contribution in [0.1, 0.15) is 59.5 Å². The Morgan fingerprint density at radius 1 is 0.600 bits per heavy atom. The minimum atomic E-state index is -0.266. The lowest BCUT2D eigenvalue weighted by Crippen LogP contribution is -2.21. The van der Waals surface area contributed by atoms with Crippen molar-refractivity contribution in [3.05, 3.63) is 95.1 Å². The molecule has 0 aliphatic carbocycles. The Morgan fingerprint density at radius 3 is 1.25 bits per heavy atom. The average molecular weight is 541 g/mol. The van der Waals surface area contributed by atoms with Crippen LogP contribution in [0.2, 0.25) is 0 Å². The first-order chi connectivity index (χ1) is 19.4. The zero-order chi connectivity index (χ0) is 29.1. The van der Waals surface area contributed by atoms with Crippen LogP contribution in [-0.4, -0.2) is 52.0 Å². The summed E-state index contributed by atoms with van der Waals surface area (Å²) in [6.45, 7) is 12.2. The molecule has 0 radical (unpaired) electrons. The summed E-state index contributed by atoms with van der Waals surface area (Å²) in [5.41, 5.74) is 4.67. The summed E-state index contributed by atoms with van der Waals surface area (Å²) < 4.78 is 10.9. The molecule has 0 saturated heterocycles. The number of allylic oxidation sites excluding steroid dienone is 2. The largest absolute Gasteiger partial charge is 0.496 e. The van der Waals surface area contributed by atoms with Gasteiger partial charge in [0.2, 0.25) is 0 Å². The Kier molecular flexibility index (Phi) is 11.1. The summed E-state index contributed by atoms with van der Waals surface area (Å²) in [7, 11) is 2.98. The van der Waals surface area contributed by atoms with Crippen molar-refractivity contribution in [2.45, 2.75) is 27.7 Å². The lowest BCUT2D eigenvalue weighted by molar-refractivity contribution is 0.104. The summed E-state index contributed by atoms with van der Waals surface area (Å²) in [5.74, 6) is 0.154. The van der Waals surface area contributed by atoms with E-state index in [0.717, 1.165) is 48.7 Å². The van der Waals surface area contributed by atoms with Gasteiger partial charge in [0.05, 0.1) is 25.3 Å². The van der Waals surface area contributed by atoms with Crippen molar-refractivity contribution in [2.75, 3.05) is 50.2 Å². The van der Waals surface area contributed by atoms with Crippen LogP contribution >= 0.6 is 0 Å². The van der Waals surface area contributed by atoms with Crippen molar-refractivity contribution >= 4 is 35.1 Å². The second kappa shape index (κ2) is 14.7. The third-order valence-electron chi connectivity index (χ3n) is 6.95. The van der Waals surface area contributed by atoms with Gasteiger partial charge in [-0.3, -0.25) is 9.59 Å². The van der Waals surface area contributed by atoms with E-state index in [1.165, 1.54) is 26.4 Å². The average Bonchev–Trinajstić information content (AvgIpc) is 3.00. The zero-order valence-corrected chi connectivity index (χ0v) is 24.4. The van der Waals surface area contributed by atoms with E-state index in [9.17, 15) is 9.59 Å². The lowest BCUT2D eigenvalue weighted by Gasteiger charge is -2.20. The molecule has 3 aromatic rings. The molecule has 0 bridgehead atoms. The first-order valence-electron chi connectivity index (χ1n) is 13.8. The maximum Gasteiger partial charge on any atom is 0.189 e. The Hall–Kier alpha value is -4.32. The van der Waals surface area contributed by atoms with Crippen LogP contribution in [0.25, 0.3) is 12.2 Å². The molecule has 0 aliphatic heterocycles. The highest BCUT2D eigenvalue weighted by molar-refractivity contribution is 6.13. The number of carbonyl (C=O) groups is 2. The fourth-order valence-corrected chi connectivity index (χ4v) is 4.58. The molecule has 6 heteroatoms. The lowest BCUT2D eigenvalue weighted by atomic mass is 10.0. The molecule has 0 saturated carbocycles. The smallest absolute Gasteiger partial charge is 0.189 e. The Morgan fingerprint density at radius 2 is 0.950 bits per heavy atom. The number of rotatable bonds is 14. The zero-order valence-electron chi connectivity index (χ0n) is 24.4. The highest BCUT2D eigenvalue weighted by Crippen LogP contribution is 2.31. The van der Waals surface area contributed by atoms with Crippen molar-refractivity contribution < 1.29 is 19.1 Å². The minimum Gasteiger partial charge on any atom is -0.496 e. The van der Waals surface area contributed by atoms with E-state index < -0.39 is 0 Å². The normalized spacial score (nSPS) is 11.2. The predicted octanol–water partition coefficient (Wildman–Crippen LogP) is 7.19. The van der Waals surface area contributed by atoms with Crippen LogP contribution in [0.3, 0.4) is 0 Å². The molecule has 210 valence electrons. The van der Waals surface area contributed by atoms with Gasteiger partial charge in [-0.05, 0) is 81.3 Å². The molecule has 0 heterocycles. The molecular formula is C34H40N2O4. The standard InChI is InChI=1S/C34H40N2O4/c1-7-35(8-2)27-17-11-25(12-18-27)15-21-31(37)29-23-30(34(40-6)24-33(29)39-5)32(38)22-16-26-13-19-28(20-14-26)36(9-3)10-4/h11-24H,7-10H2,1-6H3/b21-15+,22-16+. The third-order valence-corrected chi connectivity index (χ3v) is 6.95. The van der Waals surface area contributed by atoms with E-state index in [1.807, 2.05) is 48.5 Å². The first kappa shape index (κ1) is 30.2. The highest BCUT2D eigenvalue weighted by atomic mass is 16.5. The second-order valence-electron chi connectivity index (χ2n) is 9.18. The molecule has 3 rings (SSSR count). The molecule has 0 atom stereocenters. The van der Waals surface area contributed by atoms with Crippen LogP contribution in [0, 0.1) is 0 Å². The number of carbonyl (C=O) groups excluding carboxylic acids is 2. The molecule has 6 nitrogen and oxygen atoms in total. The van der Waals surface area contributed by atoms with Gasteiger partial charge in [-0.2, -0.15) is 0 Å². The van der Waals surface area contributed by atoms with Gasteiger partial charge in [-0.1, -0.05) is 36.4 Å². The maximum absolute atomic E-state index is 13.2. The second-order valence-corrected chi connectivity index (χ2v) is 9.18. The summed E-state index contributed by atoms with van der Waals surface area (Å²) in [6.07, 6.45) is 6.53. The molecule has 0 unspecified atom stereocenters. The topological polar surface area (TPSA) is 59.1 Å². The van der Waals surface area contributed by atoms with Gasteiger partial charge >= 0.3 is 0 Å². The molecule has 0 spiro atoms. The number of methoxy groups -OCH3 is 2. The van der Waals surface area contributed by atoms with Gasteiger partial charge in [0, 0.05) is 43.6 Å². The van der Waals surface area contributed by atoms with Gasteiger partial charge in [-0.25, -0.2) is 0 Å². The van der Waals surface area contributed by atoms with Crippen molar-refractivity contribution in [3.63, 3.8) is 0 Å². The maximum atomic E-state index is 13.2. The van der Waals surface area contributed by atoms with Crippen molar-refractivity contribution in [1.82, 2.24) is 0 Å². The van der Waals surface area contributed by atoms with Gasteiger partial charge in [0.25, 0.3) is 0 Å². The fraction of sp³-hybridized carbons (Fsp3) is 0.294. The van der Waals surface area contributed by atoms with E-state index in [0.29, 0.717) is 22.6 Å². The molecule has 0 aliphatic rings. The quantitative estimate of drug-likeness (QED) is 0.159. The summed E-state index contributed by atoms with van der Waals surface area (Å²) in [4.78, 5) is 30.9. The Balaban J connectivity index is 1.83. The van der Waals surface area contributed by atoms with Gasteiger partial charge in [-0.15, -0.1) is 0 Å². The number of hydrogen-bond acceptors (Lipinski definition) is 6. The molecular weight excluding hydrogens is 500 g/mol. The van der Waals surface area contributed by atoms with Crippen LogP contribution < -0.4 is 19.3 Å². The van der Waals surface area contributed by atoms with Crippen molar-refractivity contribution in [3.8, 4) is 11.5 Å². The highest BCUT2D eigenvalue weighted by Gasteiger charge is 2.19. The van der Waals surface area contributed by atoms with Crippen LogP contribution in [0.4, 0.5) is 11.4 Å². The number of benzene rings is 3. The van der Waals surface area contributed by atoms with E-state index in [-0.39, 0.29) is 11.6 Å². The number of anilines is 2. The van der Waals surface area contributed by atoms with E-state index in [2.05, 4.69) is 37.5 Å². The van der Waals surface area contributed by atoms with Crippen molar-refractivity contribution in [1.29, 1.82) is 0 Å². The van der Waals surface area contributed by atoms with Crippen molar-refractivity contribution in [2.24, 2.45) is 0 Å². The fourth-order valence-electron chi connectivity index (χ4n) is 4.58. The van der Waals surface area contributed by atoms with Crippen LogP contribution in [0.15, 0.2) is 72.8 Å². The SMILES string of the molecule is CCN(CC)c1ccc(/C=C/C(=O)c2cc(C(=O)/C=C/c3ccc(N(CC)CC)cc3)c(OC)cc2OC)cc1. The molecule has 0 fully saturated rings. The Labute approximate surface area is 238 Å². The number of hydrogen-bond donors (Lipinski definition) is 0. The van der Waals surface area contributed by atoms with Gasteiger partial charge < -0.3 is 19.3 Å². The number of nitrogens with zero attached hydrogens (tertiary/aromatic N) is 2. The molecule has 3 aromatic carbocycles. The minimum absolute atomic E-state index is 0.266. The van der Waals surface area contributed by atoms with Crippen LogP contribution in [-0.2, 0) is 0 Å². The Bertz CT molecular complexity index is 1230.